The van der Waals surface area contributed by atoms with Crippen molar-refractivity contribution in [2.75, 3.05) is 0 Å². The van der Waals surface area contributed by atoms with Crippen LogP contribution in [0.1, 0.15) is 11.1 Å². The Morgan fingerprint density at radius 3 is 1.68 bits per heavy atom. The molecule has 0 N–H and O–H groups in total. The Labute approximate surface area is 145 Å². The molecule has 0 saturated carbocycles. The second-order valence-corrected chi connectivity index (χ2v) is 6.45. The van der Waals surface area contributed by atoms with E-state index in [4.69, 9.17) is 10.2 Å². The summed E-state index contributed by atoms with van der Waals surface area (Å²) in [6.07, 6.45) is 0. The summed E-state index contributed by atoms with van der Waals surface area (Å²) in [5.41, 5.74) is 4.46. The first-order valence-electron chi connectivity index (χ1n) is 8.50. The van der Waals surface area contributed by atoms with E-state index in [0.717, 1.165) is 21.8 Å². The lowest BCUT2D eigenvalue weighted by Crippen LogP contribution is -2.04. The standard InChI is InChI=1S/C22H17N3/c1-15-8-2-3-9-16(15)14-25-23-21-19-12-6-4-10-17(19)18-11-5-7-13-20(18)22(21)24-25/h2-13H,14H2,1H3. The highest BCUT2D eigenvalue weighted by molar-refractivity contribution is 6.22. The maximum absolute atomic E-state index is 4.83. The highest BCUT2D eigenvalue weighted by Gasteiger charge is 2.13. The van der Waals surface area contributed by atoms with Crippen LogP contribution in [-0.4, -0.2) is 15.0 Å². The van der Waals surface area contributed by atoms with Crippen molar-refractivity contribution in [3.63, 3.8) is 0 Å². The molecule has 0 radical (unpaired) electrons. The Bertz CT molecular complexity index is 1160. The lowest BCUT2D eigenvalue weighted by molar-refractivity contribution is 0.599. The van der Waals surface area contributed by atoms with Crippen LogP contribution in [0.25, 0.3) is 32.6 Å². The molecule has 1 aromatic heterocycles. The van der Waals surface area contributed by atoms with E-state index in [1.54, 1.807) is 0 Å². The number of fused-ring (bicyclic) bond motifs is 6. The Morgan fingerprint density at radius 1 is 0.640 bits per heavy atom. The van der Waals surface area contributed by atoms with Gasteiger partial charge in [0.25, 0.3) is 0 Å². The topological polar surface area (TPSA) is 30.7 Å². The van der Waals surface area contributed by atoms with Crippen molar-refractivity contribution >= 4 is 32.6 Å². The molecule has 3 heteroatoms. The molecule has 25 heavy (non-hydrogen) atoms. The lowest BCUT2D eigenvalue weighted by Gasteiger charge is -2.04. The Hall–Kier alpha value is -3.20. The monoisotopic (exact) mass is 323 g/mol. The zero-order valence-electron chi connectivity index (χ0n) is 14.0. The first-order chi connectivity index (χ1) is 12.3. The maximum atomic E-state index is 4.83. The predicted octanol–water partition coefficient (Wildman–Crippen LogP) is 5.09. The molecule has 3 nitrogen and oxygen atoms in total. The summed E-state index contributed by atoms with van der Waals surface area (Å²) in [5, 5.41) is 14.4. The van der Waals surface area contributed by atoms with Gasteiger partial charge in [0.1, 0.15) is 11.0 Å². The molecule has 1 heterocycles. The summed E-state index contributed by atoms with van der Waals surface area (Å²) in [6.45, 7) is 2.81. The second kappa shape index (κ2) is 5.42. The van der Waals surface area contributed by atoms with E-state index < -0.39 is 0 Å². The molecule has 0 fully saturated rings. The fourth-order valence-corrected chi connectivity index (χ4v) is 3.57. The second-order valence-electron chi connectivity index (χ2n) is 6.45. The lowest BCUT2D eigenvalue weighted by atomic mass is 10.0. The van der Waals surface area contributed by atoms with Crippen molar-refractivity contribution in [2.45, 2.75) is 13.5 Å². The van der Waals surface area contributed by atoms with Crippen molar-refractivity contribution in [3.05, 3.63) is 83.9 Å². The predicted molar refractivity (Wildman–Crippen MR) is 103 cm³/mol. The molecule has 5 rings (SSSR count). The molecule has 0 aliphatic rings. The minimum absolute atomic E-state index is 0.685. The zero-order chi connectivity index (χ0) is 16.8. The van der Waals surface area contributed by atoms with Gasteiger partial charge in [0, 0.05) is 10.8 Å². The van der Waals surface area contributed by atoms with Crippen LogP contribution < -0.4 is 0 Å². The highest BCUT2D eigenvalue weighted by Crippen LogP contribution is 2.32. The third-order valence-electron chi connectivity index (χ3n) is 4.88. The fraction of sp³-hybridized carbons (Fsp3) is 0.0909. The number of rotatable bonds is 2. The third kappa shape index (κ3) is 2.20. The quantitative estimate of drug-likeness (QED) is 0.423. The average Bonchev–Trinajstić information content (AvgIpc) is 3.08. The molecule has 0 unspecified atom stereocenters. The van der Waals surface area contributed by atoms with Gasteiger partial charge in [-0.15, -0.1) is 0 Å². The summed E-state index contributed by atoms with van der Waals surface area (Å²) in [7, 11) is 0. The van der Waals surface area contributed by atoms with Gasteiger partial charge < -0.3 is 0 Å². The van der Waals surface area contributed by atoms with Gasteiger partial charge in [-0.3, -0.25) is 0 Å². The summed E-state index contributed by atoms with van der Waals surface area (Å²) < 4.78 is 0. The van der Waals surface area contributed by atoms with Gasteiger partial charge in [0.05, 0.1) is 6.54 Å². The van der Waals surface area contributed by atoms with Gasteiger partial charge in [-0.2, -0.15) is 15.0 Å². The van der Waals surface area contributed by atoms with Crippen LogP contribution in [0, 0.1) is 6.92 Å². The molecule has 5 aromatic rings. The summed E-state index contributed by atoms with van der Waals surface area (Å²) >= 11 is 0. The van der Waals surface area contributed by atoms with Gasteiger partial charge >= 0.3 is 0 Å². The van der Waals surface area contributed by atoms with Crippen molar-refractivity contribution in [3.8, 4) is 0 Å². The van der Waals surface area contributed by atoms with E-state index in [-0.39, 0.29) is 0 Å². The summed E-state index contributed by atoms with van der Waals surface area (Å²) in [5.74, 6) is 0. The Balaban J connectivity index is 1.80. The van der Waals surface area contributed by atoms with Crippen LogP contribution in [0.3, 0.4) is 0 Å². The molecule has 0 spiro atoms. The van der Waals surface area contributed by atoms with E-state index in [9.17, 15) is 0 Å². The van der Waals surface area contributed by atoms with Crippen molar-refractivity contribution in [2.24, 2.45) is 0 Å². The number of hydrogen-bond donors (Lipinski definition) is 0. The normalized spacial score (nSPS) is 11.6. The Morgan fingerprint density at radius 2 is 1.12 bits per heavy atom. The molecule has 120 valence electrons. The number of benzene rings is 4. The molecule has 0 atom stereocenters. The molecule has 4 aromatic carbocycles. The summed E-state index contributed by atoms with van der Waals surface area (Å²) in [4.78, 5) is 1.83. The van der Waals surface area contributed by atoms with E-state index in [2.05, 4.69) is 79.7 Å². The zero-order valence-corrected chi connectivity index (χ0v) is 14.0. The van der Waals surface area contributed by atoms with E-state index >= 15 is 0 Å². The largest absolute Gasteiger partial charge is 0.179 e. The number of hydrogen-bond acceptors (Lipinski definition) is 2. The van der Waals surface area contributed by atoms with Crippen molar-refractivity contribution in [1.29, 1.82) is 0 Å². The SMILES string of the molecule is Cc1ccccc1Cn1nc2c3ccccc3c3ccccc3c2n1. The molecule has 0 aliphatic carbocycles. The molecule has 0 saturated heterocycles. The van der Waals surface area contributed by atoms with Crippen molar-refractivity contribution in [1.82, 2.24) is 15.0 Å². The molecule has 0 aliphatic heterocycles. The van der Waals surface area contributed by atoms with Gasteiger partial charge in [-0.1, -0.05) is 72.8 Å². The fourth-order valence-electron chi connectivity index (χ4n) is 3.57. The van der Waals surface area contributed by atoms with E-state index in [1.807, 2.05) is 4.80 Å². The molecular formula is C22H17N3. The van der Waals surface area contributed by atoms with E-state index in [0.29, 0.717) is 6.54 Å². The van der Waals surface area contributed by atoms with Crippen LogP contribution in [0.4, 0.5) is 0 Å². The third-order valence-corrected chi connectivity index (χ3v) is 4.88. The van der Waals surface area contributed by atoms with Gasteiger partial charge in [-0.25, -0.2) is 0 Å². The first-order valence-corrected chi connectivity index (χ1v) is 8.50. The smallest absolute Gasteiger partial charge is 0.121 e. The van der Waals surface area contributed by atoms with Crippen LogP contribution in [0.5, 0.6) is 0 Å². The molecule has 0 amide bonds. The van der Waals surface area contributed by atoms with Crippen LogP contribution in [0.2, 0.25) is 0 Å². The molecular weight excluding hydrogens is 306 g/mol. The highest BCUT2D eigenvalue weighted by atomic mass is 15.5. The van der Waals surface area contributed by atoms with Gasteiger partial charge in [0.2, 0.25) is 0 Å². The van der Waals surface area contributed by atoms with E-state index in [1.165, 1.54) is 21.9 Å². The minimum atomic E-state index is 0.685. The number of nitrogens with zero attached hydrogens (tertiary/aromatic N) is 3. The van der Waals surface area contributed by atoms with Gasteiger partial charge in [-0.05, 0) is 28.8 Å². The minimum Gasteiger partial charge on any atom is -0.179 e. The number of aryl methyl sites for hydroxylation is 1. The van der Waals surface area contributed by atoms with Crippen LogP contribution in [-0.2, 0) is 6.54 Å². The van der Waals surface area contributed by atoms with Crippen LogP contribution in [0.15, 0.2) is 72.8 Å². The first kappa shape index (κ1) is 14.2. The summed E-state index contributed by atoms with van der Waals surface area (Å²) in [6, 6.07) is 25.3. The van der Waals surface area contributed by atoms with Crippen LogP contribution >= 0.6 is 0 Å². The molecule has 0 bridgehead atoms. The van der Waals surface area contributed by atoms with Gasteiger partial charge in [0.15, 0.2) is 0 Å². The van der Waals surface area contributed by atoms with Crippen molar-refractivity contribution < 1.29 is 0 Å². The Kier molecular flexibility index (Phi) is 3.07. The number of aromatic nitrogens is 3. The average molecular weight is 323 g/mol. The maximum Gasteiger partial charge on any atom is 0.121 e.